The molecule has 24 heavy (non-hydrogen) atoms. The van der Waals surface area contributed by atoms with Gasteiger partial charge in [0.1, 0.15) is 0 Å². The third-order valence-electron chi connectivity index (χ3n) is 4.84. The average molecular weight is 324 g/mol. The third kappa shape index (κ3) is 2.06. The normalized spacial score (nSPS) is 22.3. The van der Waals surface area contributed by atoms with Gasteiger partial charge in [-0.15, -0.1) is 0 Å². The number of hydrogen-bond acceptors (Lipinski definition) is 4. The van der Waals surface area contributed by atoms with Crippen LogP contribution < -0.4 is 5.32 Å². The number of ketones is 1. The number of Topliss-reactive ketones (excluding diaryl/α,β-unsaturated/α-hetero) is 1. The molecule has 3 heterocycles. The highest BCUT2D eigenvalue weighted by Crippen LogP contribution is 2.43. The van der Waals surface area contributed by atoms with E-state index in [1.165, 1.54) is 17.2 Å². The number of benzene rings is 1. The van der Waals surface area contributed by atoms with Gasteiger partial charge in [0.2, 0.25) is 5.91 Å². The highest BCUT2D eigenvalue weighted by Gasteiger charge is 2.50. The van der Waals surface area contributed by atoms with E-state index in [2.05, 4.69) is 5.32 Å². The van der Waals surface area contributed by atoms with E-state index in [0.29, 0.717) is 19.4 Å². The number of nitrogens with zero attached hydrogens (tertiary/aromatic N) is 1. The van der Waals surface area contributed by atoms with Crippen LogP contribution in [0.1, 0.15) is 29.0 Å². The Morgan fingerprint density at radius 3 is 2.79 bits per heavy atom. The summed E-state index contributed by atoms with van der Waals surface area (Å²) in [5.41, 5.74) is 0.917. The topological polar surface area (TPSA) is 79.6 Å². The SMILES string of the molecule is O=C(C(=O)N1CCC[C@@]2(C1)C(=O)Nc1ccccc12)c1ccco1. The second-order valence-electron chi connectivity index (χ2n) is 6.22. The molecule has 1 aromatic carbocycles. The molecule has 2 aromatic rings. The van der Waals surface area contributed by atoms with E-state index in [-0.39, 0.29) is 18.2 Å². The molecule has 4 rings (SSSR count). The van der Waals surface area contributed by atoms with Gasteiger partial charge in [0.05, 0.1) is 11.7 Å². The monoisotopic (exact) mass is 324 g/mol. The molecule has 1 saturated heterocycles. The fraction of sp³-hybridized carbons (Fsp3) is 0.278. The van der Waals surface area contributed by atoms with Crippen LogP contribution in [0.5, 0.6) is 0 Å². The second-order valence-corrected chi connectivity index (χ2v) is 6.22. The fourth-order valence-corrected chi connectivity index (χ4v) is 3.66. The minimum Gasteiger partial charge on any atom is -0.461 e. The maximum atomic E-state index is 12.6. The summed E-state index contributed by atoms with van der Waals surface area (Å²) in [6.07, 6.45) is 2.69. The number of carbonyl (C=O) groups is 3. The fourth-order valence-electron chi connectivity index (χ4n) is 3.66. The van der Waals surface area contributed by atoms with Crippen molar-refractivity contribution >= 4 is 23.3 Å². The molecule has 1 N–H and O–H groups in total. The number of likely N-dealkylation sites (tertiary alicyclic amines) is 1. The molecule has 2 aliphatic rings. The Balaban J connectivity index is 1.64. The number of amides is 2. The van der Waals surface area contributed by atoms with Crippen molar-refractivity contribution < 1.29 is 18.8 Å². The molecular weight excluding hydrogens is 308 g/mol. The molecular formula is C18H16N2O4. The number of piperidine rings is 1. The van der Waals surface area contributed by atoms with E-state index in [0.717, 1.165) is 11.3 Å². The van der Waals surface area contributed by atoms with Crippen LogP contribution in [0, 0.1) is 0 Å². The first-order chi connectivity index (χ1) is 11.6. The summed E-state index contributed by atoms with van der Waals surface area (Å²) in [5, 5.41) is 2.89. The van der Waals surface area contributed by atoms with Crippen LogP contribution in [-0.2, 0) is 15.0 Å². The van der Waals surface area contributed by atoms with E-state index >= 15 is 0 Å². The molecule has 0 aliphatic carbocycles. The summed E-state index contributed by atoms with van der Waals surface area (Å²) in [6.45, 7) is 0.670. The zero-order valence-electron chi connectivity index (χ0n) is 13.0. The Bertz CT molecular complexity index is 827. The molecule has 2 amide bonds. The molecule has 1 fully saturated rings. The zero-order valence-corrected chi connectivity index (χ0v) is 13.0. The molecule has 1 spiro atoms. The largest absolute Gasteiger partial charge is 0.461 e. The molecule has 0 saturated carbocycles. The summed E-state index contributed by atoms with van der Waals surface area (Å²) in [4.78, 5) is 38.9. The molecule has 1 atom stereocenters. The molecule has 6 heteroatoms. The third-order valence-corrected chi connectivity index (χ3v) is 4.84. The first-order valence-electron chi connectivity index (χ1n) is 7.90. The van der Waals surface area contributed by atoms with E-state index in [4.69, 9.17) is 4.42 Å². The summed E-state index contributed by atoms with van der Waals surface area (Å²) in [5.74, 6) is -1.38. The number of carbonyl (C=O) groups excluding carboxylic acids is 3. The van der Waals surface area contributed by atoms with Gasteiger partial charge in [-0.1, -0.05) is 18.2 Å². The quantitative estimate of drug-likeness (QED) is 0.676. The lowest BCUT2D eigenvalue weighted by Crippen LogP contribution is -2.53. The van der Waals surface area contributed by atoms with Gasteiger partial charge in [0.15, 0.2) is 5.76 Å². The molecule has 0 radical (unpaired) electrons. The predicted octanol–water partition coefficient (Wildman–Crippen LogP) is 1.97. The van der Waals surface area contributed by atoms with Crippen molar-refractivity contribution in [2.45, 2.75) is 18.3 Å². The number of furan rings is 1. The number of nitrogens with one attached hydrogen (secondary N) is 1. The minimum absolute atomic E-state index is 0.0240. The maximum absolute atomic E-state index is 12.6. The molecule has 2 aliphatic heterocycles. The number of para-hydroxylation sites is 1. The van der Waals surface area contributed by atoms with Crippen molar-refractivity contribution in [2.24, 2.45) is 0 Å². The summed E-state index contributed by atoms with van der Waals surface area (Å²) >= 11 is 0. The number of hydrogen-bond donors (Lipinski definition) is 1. The van der Waals surface area contributed by atoms with Crippen molar-refractivity contribution in [1.82, 2.24) is 4.90 Å². The van der Waals surface area contributed by atoms with E-state index in [1.54, 1.807) is 6.07 Å². The summed E-state index contributed by atoms with van der Waals surface area (Å²) in [6, 6.07) is 10.6. The van der Waals surface area contributed by atoms with Crippen LogP contribution in [0.25, 0.3) is 0 Å². The van der Waals surface area contributed by atoms with Gasteiger partial charge in [-0.25, -0.2) is 0 Å². The minimum atomic E-state index is -0.770. The molecule has 122 valence electrons. The lowest BCUT2D eigenvalue weighted by Gasteiger charge is -2.38. The van der Waals surface area contributed by atoms with E-state index in [9.17, 15) is 14.4 Å². The molecule has 1 aromatic heterocycles. The zero-order chi connectivity index (χ0) is 16.7. The van der Waals surface area contributed by atoms with Gasteiger partial charge in [-0.2, -0.15) is 0 Å². The van der Waals surface area contributed by atoms with Crippen LogP contribution in [-0.4, -0.2) is 35.6 Å². The Labute approximate surface area is 138 Å². The Hall–Kier alpha value is -2.89. The van der Waals surface area contributed by atoms with Gasteiger partial charge >= 0.3 is 0 Å². The standard InChI is InChI=1S/C18H16N2O4/c21-15(14-7-3-10-24-14)16(22)20-9-4-8-18(11-20)12-5-1-2-6-13(12)19-17(18)23/h1-3,5-7,10H,4,8-9,11H2,(H,19,23)/t18-/m0/s1. The lowest BCUT2D eigenvalue weighted by atomic mass is 9.75. The average Bonchev–Trinajstić information content (AvgIpc) is 3.23. The van der Waals surface area contributed by atoms with Crippen LogP contribution in [0.2, 0.25) is 0 Å². The summed E-state index contributed by atoms with van der Waals surface area (Å²) in [7, 11) is 0. The molecule has 6 nitrogen and oxygen atoms in total. The van der Waals surface area contributed by atoms with Gasteiger partial charge < -0.3 is 14.6 Å². The number of fused-ring (bicyclic) bond motifs is 2. The Kier molecular flexibility index (Phi) is 3.26. The lowest BCUT2D eigenvalue weighted by molar-refractivity contribution is -0.131. The number of rotatable bonds is 2. The smallest absolute Gasteiger partial charge is 0.298 e. The van der Waals surface area contributed by atoms with Gasteiger partial charge in [-0.05, 0) is 36.6 Å². The Morgan fingerprint density at radius 2 is 2.00 bits per heavy atom. The Morgan fingerprint density at radius 1 is 1.17 bits per heavy atom. The van der Waals surface area contributed by atoms with Crippen LogP contribution in [0.3, 0.4) is 0 Å². The summed E-state index contributed by atoms with van der Waals surface area (Å²) < 4.78 is 5.03. The highest BCUT2D eigenvalue weighted by atomic mass is 16.3. The van der Waals surface area contributed by atoms with Crippen molar-refractivity contribution in [3.63, 3.8) is 0 Å². The van der Waals surface area contributed by atoms with Gasteiger partial charge in [0.25, 0.3) is 11.7 Å². The second kappa shape index (κ2) is 5.33. The van der Waals surface area contributed by atoms with Crippen molar-refractivity contribution in [3.8, 4) is 0 Å². The first kappa shape index (κ1) is 14.7. The van der Waals surface area contributed by atoms with Crippen molar-refractivity contribution in [2.75, 3.05) is 18.4 Å². The van der Waals surface area contributed by atoms with Gasteiger partial charge in [-0.3, -0.25) is 14.4 Å². The maximum Gasteiger partial charge on any atom is 0.298 e. The van der Waals surface area contributed by atoms with Crippen LogP contribution in [0.4, 0.5) is 5.69 Å². The molecule has 0 bridgehead atoms. The number of anilines is 1. The van der Waals surface area contributed by atoms with Crippen LogP contribution in [0.15, 0.2) is 47.1 Å². The highest BCUT2D eigenvalue weighted by molar-refractivity contribution is 6.42. The van der Waals surface area contributed by atoms with Crippen molar-refractivity contribution in [1.29, 1.82) is 0 Å². The predicted molar refractivity (Wildman–Crippen MR) is 85.6 cm³/mol. The molecule has 0 unspecified atom stereocenters. The van der Waals surface area contributed by atoms with Crippen LogP contribution >= 0.6 is 0 Å². The van der Waals surface area contributed by atoms with Gasteiger partial charge in [0, 0.05) is 18.8 Å². The van der Waals surface area contributed by atoms with Crippen molar-refractivity contribution in [3.05, 3.63) is 54.0 Å². The van der Waals surface area contributed by atoms with E-state index in [1.807, 2.05) is 24.3 Å². The first-order valence-corrected chi connectivity index (χ1v) is 7.90. The van der Waals surface area contributed by atoms with E-state index < -0.39 is 17.1 Å².